The average Bonchev–Trinajstić information content (AvgIpc) is 2.54. The molecule has 0 unspecified atom stereocenters. The summed E-state index contributed by atoms with van der Waals surface area (Å²) in [6.07, 6.45) is 3.11. The molecule has 0 N–H and O–H groups in total. The van der Waals surface area contributed by atoms with E-state index < -0.39 is 8.32 Å². The number of hydrogen-bond donors (Lipinski definition) is 0. The Labute approximate surface area is 85.2 Å². The van der Waals surface area contributed by atoms with E-state index in [9.17, 15) is 0 Å². The Balaban J connectivity index is 2.00. The molecule has 0 saturated carbocycles. The van der Waals surface area contributed by atoms with Crippen LogP contribution in [0.1, 0.15) is 0 Å². The van der Waals surface area contributed by atoms with Gasteiger partial charge in [-0.05, 0) is 19.6 Å². The van der Waals surface area contributed by atoms with Gasteiger partial charge in [0, 0.05) is 0 Å². The zero-order valence-electron chi connectivity index (χ0n) is 8.93. The molecule has 0 aliphatic carbocycles. The third-order valence-corrected chi connectivity index (χ3v) is 2.52. The first kappa shape index (κ1) is 11.4. The molecular formula is C8H17N3O2Si. The van der Waals surface area contributed by atoms with E-state index in [1.54, 1.807) is 11.0 Å². The Morgan fingerprint density at radius 2 is 2.07 bits per heavy atom. The van der Waals surface area contributed by atoms with Crippen molar-refractivity contribution in [3.63, 3.8) is 0 Å². The van der Waals surface area contributed by atoms with Crippen LogP contribution in [-0.2, 0) is 15.9 Å². The first-order valence-electron chi connectivity index (χ1n) is 4.62. The first-order chi connectivity index (χ1) is 6.58. The van der Waals surface area contributed by atoms with Crippen molar-refractivity contribution in [2.75, 3.05) is 13.2 Å². The second-order valence-corrected chi connectivity index (χ2v) is 8.45. The van der Waals surface area contributed by atoms with Crippen LogP contribution in [0.2, 0.25) is 19.6 Å². The minimum Gasteiger partial charge on any atom is -0.415 e. The summed E-state index contributed by atoms with van der Waals surface area (Å²) in [6, 6.07) is 0. The minimum atomic E-state index is -1.39. The van der Waals surface area contributed by atoms with Crippen LogP contribution >= 0.6 is 0 Å². The Hall–Kier alpha value is -0.723. The summed E-state index contributed by atoms with van der Waals surface area (Å²) >= 11 is 0. The topological polar surface area (TPSA) is 49.2 Å². The summed E-state index contributed by atoms with van der Waals surface area (Å²) in [5.41, 5.74) is 0. The monoisotopic (exact) mass is 215 g/mol. The van der Waals surface area contributed by atoms with Gasteiger partial charge in [-0.15, -0.1) is 0 Å². The van der Waals surface area contributed by atoms with Gasteiger partial charge in [0.05, 0.1) is 13.2 Å². The average molecular weight is 215 g/mol. The summed E-state index contributed by atoms with van der Waals surface area (Å²) < 4.78 is 12.6. The molecule has 14 heavy (non-hydrogen) atoms. The molecule has 0 atom stereocenters. The van der Waals surface area contributed by atoms with Crippen LogP contribution in [0.3, 0.4) is 0 Å². The van der Waals surface area contributed by atoms with Gasteiger partial charge in [-0.3, -0.25) is 0 Å². The molecule has 0 aliphatic heterocycles. The van der Waals surface area contributed by atoms with E-state index in [0.29, 0.717) is 19.9 Å². The maximum atomic E-state index is 5.62. The molecule has 80 valence electrons. The molecule has 1 heterocycles. The fourth-order valence-corrected chi connectivity index (χ4v) is 1.56. The van der Waals surface area contributed by atoms with Crippen LogP contribution in [0, 0.1) is 0 Å². The lowest BCUT2D eigenvalue weighted by Crippen LogP contribution is -2.27. The maximum absolute atomic E-state index is 5.62. The largest absolute Gasteiger partial charge is 0.415 e. The molecule has 0 aromatic carbocycles. The molecule has 1 aromatic heterocycles. The van der Waals surface area contributed by atoms with Crippen molar-refractivity contribution in [2.45, 2.75) is 26.4 Å². The second-order valence-electron chi connectivity index (χ2n) is 3.93. The Morgan fingerprint density at radius 3 is 2.64 bits per heavy atom. The lowest BCUT2D eigenvalue weighted by Gasteiger charge is -2.16. The van der Waals surface area contributed by atoms with Crippen molar-refractivity contribution in [1.29, 1.82) is 0 Å². The molecule has 0 radical (unpaired) electrons. The third-order valence-electron chi connectivity index (χ3n) is 1.45. The summed E-state index contributed by atoms with van der Waals surface area (Å²) in [5.74, 6) is 0. The van der Waals surface area contributed by atoms with Crippen LogP contribution in [0.5, 0.6) is 0 Å². The Morgan fingerprint density at radius 1 is 1.29 bits per heavy atom. The van der Waals surface area contributed by atoms with Gasteiger partial charge in [0.25, 0.3) is 0 Å². The van der Waals surface area contributed by atoms with Gasteiger partial charge in [0.1, 0.15) is 19.4 Å². The van der Waals surface area contributed by atoms with Crippen LogP contribution in [0.25, 0.3) is 0 Å². The highest BCUT2D eigenvalue weighted by atomic mass is 28.4. The van der Waals surface area contributed by atoms with E-state index in [-0.39, 0.29) is 0 Å². The number of ether oxygens (including phenoxy) is 1. The number of hydrogen-bond acceptors (Lipinski definition) is 4. The van der Waals surface area contributed by atoms with E-state index in [1.807, 2.05) is 0 Å². The molecule has 1 rings (SSSR count). The molecule has 5 nitrogen and oxygen atoms in total. The van der Waals surface area contributed by atoms with Crippen LogP contribution in [-0.4, -0.2) is 36.3 Å². The molecule has 0 saturated heterocycles. The fraction of sp³-hybridized carbons (Fsp3) is 0.750. The summed E-state index contributed by atoms with van der Waals surface area (Å²) in [7, 11) is -1.39. The minimum absolute atomic E-state index is 0.440. The van der Waals surface area contributed by atoms with Crippen LogP contribution in [0.15, 0.2) is 12.7 Å². The van der Waals surface area contributed by atoms with Gasteiger partial charge in [-0.2, -0.15) is 5.10 Å². The molecule has 0 aliphatic rings. The molecular weight excluding hydrogens is 198 g/mol. The van der Waals surface area contributed by atoms with Gasteiger partial charge >= 0.3 is 0 Å². The van der Waals surface area contributed by atoms with Crippen molar-refractivity contribution < 1.29 is 9.16 Å². The zero-order chi connectivity index (χ0) is 10.4. The number of nitrogens with zero attached hydrogens (tertiary/aromatic N) is 3. The summed E-state index contributed by atoms with van der Waals surface area (Å²) in [5, 5.41) is 3.91. The van der Waals surface area contributed by atoms with Crippen molar-refractivity contribution >= 4 is 8.32 Å². The van der Waals surface area contributed by atoms with Gasteiger partial charge in [0.15, 0.2) is 8.32 Å². The van der Waals surface area contributed by atoms with Gasteiger partial charge < -0.3 is 9.16 Å². The van der Waals surface area contributed by atoms with Gasteiger partial charge in [-0.25, -0.2) is 9.67 Å². The summed E-state index contributed by atoms with van der Waals surface area (Å²) in [4.78, 5) is 3.81. The smallest absolute Gasteiger partial charge is 0.183 e. The quantitative estimate of drug-likeness (QED) is 0.527. The van der Waals surface area contributed by atoms with Crippen LogP contribution < -0.4 is 0 Å². The van der Waals surface area contributed by atoms with Crippen LogP contribution in [0.4, 0.5) is 0 Å². The van der Waals surface area contributed by atoms with Crippen molar-refractivity contribution in [3.05, 3.63) is 12.7 Å². The van der Waals surface area contributed by atoms with Crippen molar-refractivity contribution in [3.8, 4) is 0 Å². The van der Waals surface area contributed by atoms with E-state index in [2.05, 4.69) is 29.7 Å². The Kier molecular flexibility index (Phi) is 4.24. The number of aromatic nitrogens is 3. The highest BCUT2D eigenvalue weighted by Gasteiger charge is 2.12. The fourth-order valence-electron chi connectivity index (χ4n) is 0.864. The SMILES string of the molecule is C[Si](C)(C)OCCOCn1cncn1. The van der Waals surface area contributed by atoms with Crippen molar-refractivity contribution in [2.24, 2.45) is 0 Å². The normalized spacial score (nSPS) is 11.9. The summed E-state index contributed by atoms with van der Waals surface area (Å²) in [6.45, 7) is 8.17. The lowest BCUT2D eigenvalue weighted by atomic mass is 10.8. The van der Waals surface area contributed by atoms with Gasteiger partial charge in [0.2, 0.25) is 0 Å². The molecule has 0 fully saturated rings. The first-order valence-corrected chi connectivity index (χ1v) is 8.03. The molecule has 1 aromatic rings. The molecule has 0 bridgehead atoms. The van der Waals surface area contributed by atoms with E-state index in [0.717, 1.165) is 0 Å². The van der Waals surface area contributed by atoms with Gasteiger partial charge in [-0.1, -0.05) is 0 Å². The van der Waals surface area contributed by atoms with E-state index in [4.69, 9.17) is 9.16 Å². The maximum Gasteiger partial charge on any atom is 0.183 e. The highest BCUT2D eigenvalue weighted by Crippen LogP contribution is 2.01. The standard InChI is InChI=1S/C8H17N3O2Si/c1-14(2,3)13-5-4-12-8-11-7-9-6-10-11/h6-7H,4-5,8H2,1-3H3. The molecule has 0 spiro atoms. The second kappa shape index (κ2) is 5.23. The molecule has 6 heteroatoms. The predicted molar refractivity (Wildman–Crippen MR) is 55.3 cm³/mol. The van der Waals surface area contributed by atoms with E-state index >= 15 is 0 Å². The predicted octanol–water partition coefficient (Wildman–Crippen LogP) is 1.10. The van der Waals surface area contributed by atoms with Crippen molar-refractivity contribution in [1.82, 2.24) is 14.8 Å². The Bertz CT molecular complexity index is 246. The molecule has 0 amide bonds. The third kappa shape index (κ3) is 5.10. The highest BCUT2D eigenvalue weighted by molar-refractivity contribution is 6.69. The van der Waals surface area contributed by atoms with E-state index in [1.165, 1.54) is 6.33 Å². The number of rotatable bonds is 6. The lowest BCUT2D eigenvalue weighted by molar-refractivity contribution is 0.0456. The zero-order valence-corrected chi connectivity index (χ0v) is 9.93.